The number of fused-ring (bicyclic) bond motifs is 1. The quantitative estimate of drug-likeness (QED) is 0.399. The second kappa shape index (κ2) is 7.95. The maximum absolute atomic E-state index is 5.69. The van der Waals surface area contributed by atoms with Crippen molar-refractivity contribution in [2.75, 3.05) is 11.9 Å². The van der Waals surface area contributed by atoms with Gasteiger partial charge in [0, 0.05) is 18.3 Å². The van der Waals surface area contributed by atoms with Crippen molar-refractivity contribution < 1.29 is 4.74 Å². The molecule has 0 saturated carbocycles. The Balaban J connectivity index is 1.31. The van der Waals surface area contributed by atoms with Crippen LogP contribution in [0.1, 0.15) is 12.1 Å². The number of nitrogens with one attached hydrogen (secondary N) is 1. The highest BCUT2D eigenvalue weighted by atomic mass is 32.1. The molecule has 0 saturated heterocycles. The highest BCUT2D eigenvalue weighted by Crippen LogP contribution is 2.25. The van der Waals surface area contributed by atoms with E-state index in [1.165, 1.54) is 11.3 Å². The number of nitrogens with zero attached hydrogens (tertiary/aromatic N) is 3. The molecule has 3 heterocycles. The van der Waals surface area contributed by atoms with Crippen LogP contribution in [0.25, 0.3) is 10.2 Å². The molecule has 0 aliphatic carbocycles. The van der Waals surface area contributed by atoms with E-state index in [-0.39, 0.29) is 0 Å². The van der Waals surface area contributed by atoms with E-state index < -0.39 is 0 Å². The molecule has 5 nitrogen and oxygen atoms in total. The second-order valence-corrected chi connectivity index (χ2v) is 6.97. The van der Waals surface area contributed by atoms with Crippen LogP contribution in [-0.2, 0) is 0 Å². The first-order chi connectivity index (χ1) is 12.9. The summed E-state index contributed by atoms with van der Waals surface area (Å²) in [6.45, 7) is 0.715. The minimum atomic E-state index is 0.597. The molecule has 0 bridgehead atoms. The number of thiophene rings is 1. The maximum atomic E-state index is 5.69. The van der Waals surface area contributed by atoms with Crippen LogP contribution in [-0.4, -0.2) is 21.5 Å². The smallest absolute Gasteiger partial charge is 0.279 e. The topological polar surface area (TPSA) is 59.9 Å². The average Bonchev–Trinajstić information content (AvgIpc) is 3.32. The van der Waals surface area contributed by atoms with Gasteiger partial charge in [0.05, 0.1) is 5.39 Å². The molecule has 128 valence electrons. The molecule has 1 aromatic carbocycles. The first kappa shape index (κ1) is 16.5. The van der Waals surface area contributed by atoms with Gasteiger partial charge < -0.3 is 10.1 Å². The lowest BCUT2D eigenvalue weighted by atomic mass is 10.3. The number of aromatic nitrogens is 3. The number of hydrogen-bond donors (Lipinski definition) is 1. The molecule has 1 N–H and O–H groups in total. The van der Waals surface area contributed by atoms with Gasteiger partial charge in [-0.15, -0.1) is 11.3 Å². The largest absolute Gasteiger partial charge is 0.431 e. The van der Waals surface area contributed by atoms with E-state index in [4.69, 9.17) is 4.74 Å². The van der Waals surface area contributed by atoms with Crippen LogP contribution in [0.2, 0.25) is 0 Å². The van der Waals surface area contributed by atoms with Gasteiger partial charge in [-0.1, -0.05) is 35.5 Å². The van der Waals surface area contributed by atoms with Gasteiger partial charge in [0.1, 0.15) is 28.4 Å². The highest BCUT2D eigenvalue weighted by molar-refractivity contribution is 7.16. The molecule has 0 unspecified atom stereocenters. The molecule has 0 atom stereocenters. The van der Waals surface area contributed by atoms with Crippen molar-refractivity contribution in [3.05, 3.63) is 59.2 Å². The fourth-order valence-electron chi connectivity index (χ4n) is 2.28. The summed E-state index contributed by atoms with van der Waals surface area (Å²) in [7, 11) is 0. The Kier molecular flexibility index (Phi) is 5.05. The summed E-state index contributed by atoms with van der Waals surface area (Å²) >= 11 is 3.05. The number of benzene rings is 1. The van der Waals surface area contributed by atoms with Crippen LogP contribution in [0, 0.1) is 11.8 Å². The van der Waals surface area contributed by atoms with Crippen molar-refractivity contribution in [3.8, 4) is 22.8 Å². The maximum Gasteiger partial charge on any atom is 0.279 e. The van der Waals surface area contributed by atoms with Crippen LogP contribution in [0.5, 0.6) is 10.9 Å². The molecule has 0 aliphatic rings. The molecule has 3 aromatic heterocycles. The Labute approximate surface area is 158 Å². The first-order valence-corrected chi connectivity index (χ1v) is 9.74. The highest BCUT2D eigenvalue weighted by Gasteiger charge is 2.03. The molecule has 0 spiro atoms. The van der Waals surface area contributed by atoms with E-state index in [1.54, 1.807) is 17.7 Å². The Hall–Kier alpha value is -2.95. The van der Waals surface area contributed by atoms with E-state index in [2.05, 4.69) is 32.1 Å². The molecule has 0 fully saturated rings. The molecule has 4 aromatic rings. The minimum absolute atomic E-state index is 0.597. The molecule has 0 radical (unpaired) electrons. The van der Waals surface area contributed by atoms with E-state index in [9.17, 15) is 0 Å². The minimum Gasteiger partial charge on any atom is -0.431 e. The predicted molar refractivity (Wildman–Crippen MR) is 106 cm³/mol. The van der Waals surface area contributed by atoms with Gasteiger partial charge in [-0.05, 0) is 29.5 Å². The van der Waals surface area contributed by atoms with Crippen LogP contribution in [0.4, 0.5) is 5.82 Å². The second-order valence-electron chi connectivity index (χ2n) is 5.25. The first-order valence-electron chi connectivity index (χ1n) is 7.98. The predicted octanol–water partition coefficient (Wildman–Crippen LogP) is 4.79. The van der Waals surface area contributed by atoms with Crippen molar-refractivity contribution in [1.29, 1.82) is 0 Å². The summed E-state index contributed by atoms with van der Waals surface area (Å²) in [5.74, 6) is 7.82. The molecular formula is C19H14N4OS2. The summed E-state index contributed by atoms with van der Waals surface area (Å²) in [6, 6.07) is 11.6. The van der Waals surface area contributed by atoms with E-state index in [1.807, 2.05) is 47.2 Å². The number of rotatable bonds is 5. The third-order valence-corrected chi connectivity index (χ3v) is 4.99. The van der Waals surface area contributed by atoms with Crippen LogP contribution in [0.15, 0.2) is 53.5 Å². The normalized spacial score (nSPS) is 10.3. The fourth-order valence-corrected chi connectivity index (χ4v) is 3.63. The summed E-state index contributed by atoms with van der Waals surface area (Å²) in [4.78, 5) is 13.9. The summed E-state index contributed by atoms with van der Waals surface area (Å²) in [6.07, 6.45) is 2.28. The van der Waals surface area contributed by atoms with Crippen molar-refractivity contribution in [1.82, 2.24) is 15.0 Å². The van der Waals surface area contributed by atoms with E-state index in [0.29, 0.717) is 18.2 Å². The Bertz CT molecular complexity index is 1060. The average molecular weight is 378 g/mol. The lowest BCUT2D eigenvalue weighted by Crippen LogP contribution is -2.02. The van der Waals surface area contributed by atoms with Crippen molar-refractivity contribution >= 4 is 38.7 Å². The lowest BCUT2D eigenvalue weighted by molar-refractivity contribution is 0.478. The van der Waals surface area contributed by atoms with Crippen molar-refractivity contribution in [2.45, 2.75) is 6.42 Å². The third kappa shape index (κ3) is 3.99. The number of thiazole rings is 1. The van der Waals surface area contributed by atoms with Gasteiger partial charge >= 0.3 is 0 Å². The monoisotopic (exact) mass is 378 g/mol. The molecule has 26 heavy (non-hydrogen) atoms. The van der Waals surface area contributed by atoms with Gasteiger partial charge in [-0.25, -0.2) is 9.97 Å². The Morgan fingerprint density at radius 3 is 2.92 bits per heavy atom. The summed E-state index contributed by atoms with van der Waals surface area (Å²) in [5.41, 5.74) is 0.725. The summed E-state index contributed by atoms with van der Waals surface area (Å²) in [5, 5.41) is 8.87. The van der Waals surface area contributed by atoms with Gasteiger partial charge in [-0.3, -0.25) is 0 Å². The van der Waals surface area contributed by atoms with Crippen LogP contribution < -0.4 is 10.1 Å². The van der Waals surface area contributed by atoms with Gasteiger partial charge in [0.15, 0.2) is 0 Å². The zero-order valence-corrected chi connectivity index (χ0v) is 15.3. The number of anilines is 1. The molecule has 0 aliphatic heterocycles. The zero-order valence-electron chi connectivity index (χ0n) is 13.7. The SMILES string of the molecule is C(#Cc1csc(Oc2ccccc2)n1)CCNc1ncnc2sccc12. The van der Waals surface area contributed by atoms with Crippen LogP contribution in [0.3, 0.4) is 0 Å². The zero-order chi connectivity index (χ0) is 17.6. The number of hydrogen-bond acceptors (Lipinski definition) is 7. The van der Waals surface area contributed by atoms with E-state index in [0.717, 1.165) is 27.5 Å². The van der Waals surface area contributed by atoms with Crippen LogP contribution >= 0.6 is 22.7 Å². The Morgan fingerprint density at radius 1 is 1.08 bits per heavy atom. The summed E-state index contributed by atoms with van der Waals surface area (Å²) < 4.78 is 5.69. The number of ether oxygens (including phenoxy) is 1. The molecule has 4 rings (SSSR count). The van der Waals surface area contributed by atoms with Gasteiger partial charge in [0.25, 0.3) is 5.19 Å². The Morgan fingerprint density at radius 2 is 2.00 bits per heavy atom. The van der Waals surface area contributed by atoms with Gasteiger partial charge in [0.2, 0.25) is 0 Å². The van der Waals surface area contributed by atoms with E-state index >= 15 is 0 Å². The standard InChI is InChI=1S/C19H14N4OS2/c1-2-7-15(8-3-1)24-19-23-14(12-26-19)6-4-5-10-20-17-16-9-11-25-18(16)22-13-21-17/h1-3,7-9,11-13H,5,10H2,(H,20,21,22). The molecular weight excluding hydrogens is 364 g/mol. The molecule has 7 heteroatoms. The third-order valence-electron chi connectivity index (χ3n) is 3.45. The lowest BCUT2D eigenvalue weighted by Gasteiger charge is -2.03. The van der Waals surface area contributed by atoms with Gasteiger partial charge in [-0.2, -0.15) is 4.98 Å². The van der Waals surface area contributed by atoms with Crippen molar-refractivity contribution in [2.24, 2.45) is 0 Å². The fraction of sp³-hybridized carbons (Fsp3) is 0.105. The van der Waals surface area contributed by atoms with Crippen molar-refractivity contribution in [3.63, 3.8) is 0 Å². The number of para-hydroxylation sites is 1. The molecule has 0 amide bonds.